The maximum atomic E-state index is 12.8. The minimum Gasteiger partial charge on any atom is -0.483 e. The number of alkyl halides is 3. The van der Waals surface area contributed by atoms with Gasteiger partial charge in [-0.25, -0.2) is 0 Å². The van der Waals surface area contributed by atoms with Crippen molar-refractivity contribution in [3.63, 3.8) is 0 Å². The van der Waals surface area contributed by atoms with Gasteiger partial charge < -0.3 is 14.8 Å². The highest BCUT2D eigenvalue weighted by atomic mass is 19.4. The zero-order chi connectivity index (χ0) is 15.9. The van der Waals surface area contributed by atoms with Crippen LogP contribution in [0.4, 0.5) is 13.2 Å². The van der Waals surface area contributed by atoms with E-state index in [1.165, 1.54) is 13.2 Å². The van der Waals surface area contributed by atoms with E-state index in [2.05, 4.69) is 5.32 Å². The number of nitrogens with one attached hydrogen (secondary N) is 1. The second kappa shape index (κ2) is 7.63. The van der Waals surface area contributed by atoms with Gasteiger partial charge in [0.2, 0.25) is 0 Å². The lowest BCUT2D eigenvalue weighted by Crippen LogP contribution is -2.31. The molecule has 0 aliphatic carbocycles. The average molecular weight is 305 g/mol. The number of rotatable bonds is 7. The molecular weight excluding hydrogens is 291 g/mol. The maximum Gasteiger partial charge on any atom is 0.419 e. The molecule has 0 saturated heterocycles. The third-order valence-electron chi connectivity index (χ3n) is 2.43. The lowest BCUT2D eigenvalue weighted by molar-refractivity contribution is -0.139. The lowest BCUT2D eigenvalue weighted by Gasteiger charge is -2.14. The van der Waals surface area contributed by atoms with Crippen LogP contribution in [0.15, 0.2) is 18.2 Å². The summed E-state index contributed by atoms with van der Waals surface area (Å²) in [6, 6.07) is 2.86. The van der Waals surface area contributed by atoms with E-state index in [0.29, 0.717) is 12.4 Å². The highest BCUT2D eigenvalue weighted by molar-refractivity contribution is 5.78. The monoisotopic (exact) mass is 305 g/mol. The smallest absolute Gasteiger partial charge is 0.419 e. The molecule has 0 aromatic heterocycles. The molecule has 21 heavy (non-hydrogen) atoms. The Kier molecular flexibility index (Phi) is 6.16. The maximum absolute atomic E-state index is 12.8. The summed E-state index contributed by atoms with van der Waals surface area (Å²) in [5.41, 5.74) is -1.23. The van der Waals surface area contributed by atoms with Crippen molar-refractivity contribution >= 4 is 12.2 Å². The van der Waals surface area contributed by atoms with E-state index < -0.39 is 30.0 Å². The Morgan fingerprint density at radius 2 is 2.10 bits per heavy atom. The quantitative estimate of drug-likeness (QED) is 0.614. The molecule has 1 amide bonds. The van der Waals surface area contributed by atoms with Crippen molar-refractivity contribution in [3.05, 3.63) is 29.3 Å². The second-order valence-electron chi connectivity index (χ2n) is 4.00. The number of benzene rings is 1. The SMILES string of the molecule is COCCNC(=O)COc1ccc(C=O)cc1C(F)(F)F. The first-order valence-electron chi connectivity index (χ1n) is 5.93. The molecule has 0 heterocycles. The molecule has 1 aromatic rings. The first-order valence-corrected chi connectivity index (χ1v) is 5.93. The van der Waals surface area contributed by atoms with E-state index in [-0.39, 0.29) is 18.7 Å². The number of carbonyl (C=O) groups is 2. The van der Waals surface area contributed by atoms with E-state index in [0.717, 1.165) is 6.07 Å². The Morgan fingerprint density at radius 1 is 1.38 bits per heavy atom. The van der Waals surface area contributed by atoms with Crippen LogP contribution in [0.5, 0.6) is 5.75 Å². The van der Waals surface area contributed by atoms with E-state index >= 15 is 0 Å². The summed E-state index contributed by atoms with van der Waals surface area (Å²) < 4.78 is 48.0. The van der Waals surface area contributed by atoms with Crippen LogP contribution in [0.2, 0.25) is 0 Å². The summed E-state index contributed by atoms with van der Waals surface area (Å²) in [4.78, 5) is 21.9. The summed E-state index contributed by atoms with van der Waals surface area (Å²) in [6.07, 6.45) is -4.38. The molecule has 0 spiro atoms. The number of halogens is 3. The third kappa shape index (κ3) is 5.42. The Labute approximate surface area is 119 Å². The van der Waals surface area contributed by atoms with Gasteiger partial charge in [-0.1, -0.05) is 0 Å². The molecule has 1 N–H and O–H groups in total. The minimum atomic E-state index is -4.68. The number of hydrogen-bond acceptors (Lipinski definition) is 4. The van der Waals surface area contributed by atoms with Gasteiger partial charge in [0.05, 0.1) is 12.2 Å². The van der Waals surface area contributed by atoms with Crippen molar-refractivity contribution in [3.8, 4) is 5.75 Å². The van der Waals surface area contributed by atoms with Crippen molar-refractivity contribution in [2.45, 2.75) is 6.18 Å². The van der Waals surface area contributed by atoms with Crippen LogP contribution >= 0.6 is 0 Å². The van der Waals surface area contributed by atoms with Crippen molar-refractivity contribution in [1.29, 1.82) is 0 Å². The topological polar surface area (TPSA) is 64.6 Å². The minimum absolute atomic E-state index is 0.126. The standard InChI is InChI=1S/C13H14F3NO4/c1-20-5-4-17-12(19)8-21-11-3-2-9(7-18)6-10(11)13(14,15)16/h2-3,6-7H,4-5,8H2,1H3,(H,17,19). The van der Waals surface area contributed by atoms with Gasteiger partial charge in [-0.15, -0.1) is 0 Å². The predicted octanol–water partition coefficient (Wildman–Crippen LogP) is 1.66. The normalized spacial score (nSPS) is 11.0. The largest absolute Gasteiger partial charge is 0.483 e. The summed E-state index contributed by atoms with van der Waals surface area (Å²) in [6.45, 7) is -0.0459. The molecule has 0 bridgehead atoms. The van der Waals surface area contributed by atoms with Gasteiger partial charge in [0.25, 0.3) is 5.91 Å². The van der Waals surface area contributed by atoms with Crippen LogP contribution in [0, 0.1) is 0 Å². The van der Waals surface area contributed by atoms with Crippen molar-refractivity contribution in [2.75, 3.05) is 26.9 Å². The highest BCUT2D eigenvalue weighted by Crippen LogP contribution is 2.36. The van der Waals surface area contributed by atoms with Gasteiger partial charge >= 0.3 is 6.18 Å². The fourth-order valence-electron chi connectivity index (χ4n) is 1.46. The molecule has 0 fully saturated rings. The van der Waals surface area contributed by atoms with E-state index in [9.17, 15) is 22.8 Å². The molecule has 0 atom stereocenters. The molecule has 0 unspecified atom stereocenters. The summed E-state index contributed by atoms with van der Waals surface area (Å²) in [7, 11) is 1.45. The van der Waals surface area contributed by atoms with E-state index in [1.54, 1.807) is 0 Å². The molecular formula is C13H14F3NO4. The molecule has 116 valence electrons. The van der Waals surface area contributed by atoms with E-state index in [4.69, 9.17) is 9.47 Å². The van der Waals surface area contributed by atoms with Crippen LogP contribution in [-0.4, -0.2) is 39.1 Å². The second-order valence-corrected chi connectivity index (χ2v) is 4.00. The molecule has 0 saturated carbocycles. The van der Waals surface area contributed by atoms with E-state index in [1.807, 2.05) is 0 Å². The van der Waals surface area contributed by atoms with Crippen LogP contribution < -0.4 is 10.1 Å². The Morgan fingerprint density at radius 3 is 2.67 bits per heavy atom. The van der Waals surface area contributed by atoms with Gasteiger partial charge in [-0.2, -0.15) is 13.2 Å². The molecule has 0 radical (unpaired) electrons. The number of aldehydes is 1. The first kappa shape index (κ1) is 17.0. The lowest BCUT2D eigenvalue weighted by atomic mass is 10.1. The molecule has 8 heteroatoms. The van der Waals surface area contributed by atoms with Gasteiger partial charge in [0.15, 0.2) is 6.61 Å². The number of methoxy groups -OCH3 is 1. The Hall–Kier alpha value is -2.09. The number of hydrogen-bond donors (Lipinski definition) is 1. The number of carbonyl (C=O) groups excluding carboxylic acids is 2. The molecule has 1 rings (SSSR count). The molecule has 1 aromatic carbocycles. The highest BCUT2D eigenvalue weighted by Gasteiger charge is 2.34. The van der Waals surface area contributed by atoms with Crippen molar-refractivity contribution < 1.29 is 32.2 Å². The summed E-state index contributed by atoms with van der Waals surface area (Å²) in [5, 5.41) is 2.41. The predicted molar refractivity (Wildman–Crippen MR) is 67.2 cm³/mol. The molecule has 0 aliphatic heterocycles. The van der Waals surface area contributed by atoms with Crippen LogP contribution in [0.3, 0.4) is 0 Å². The van der Waals surface area contributed by atoms with Gasteiger partial charge in [-0.3, -0.25) is 9.59 Å². The first-order chi connectivity index (χ1) is 9.88. The zero-order valence-corrected chi connectivity index (χ0v) is 11.2. The van der Waals surface area contributed by atoms with Gasteiger partial charge in [-0.05, 0) is 18.2 Å². The number of ether oxygens (including phenoxy) is 2. The van der Waals surface area contributed by atoms with Crippen LogP contribution in [0.25, 0.3) is 0 Å². The van der Waals surface area contributed by atoms with Crippen LogP contribution in [-0.2, 0) is 15.7 Å². The summed E-state index contributed by atoms with van der Waals surface area (Å²) >= 11 is 0. The Bertz CT molecular complexity index is 503. The number of amides is 1. The fourth-order valence-corrected chi connectivity index (χ4v) is 1.46. The van der Waals surface area contributed by atoms with Crippen molar-refractivity contribution in [1.82, 2.24) is 5.32 Å². The third-order valence-corrected chi connectivity index (χ3v) is 2.43. The average Bonchev–Trinajstić information content (AvgIpc) is 2.44. The summed E-state index contributed by atoms with van der Waals surface area (Å²) in [5.74, 6) is -1.07. The molecule has 5 nitrogen and oxygen atoms in total. The van der Waals surface area contributed by atoms with Gasteiger partial charge in [0.1, 0.15) is 12.0 Å². The van der Waals surface area contributed by atoms with Crippen LogP contribution in [0.1, 0.15) is 15.9 Å². The fraction of sp³-hybridized carbons (Fsp3) is 0.385. The van der Waals surface area contributed by atoms with Gasteiger partial charge in [0, 0.05) is 19.2 Å². The van der Waals surface area contributed by atoms with Crippen molar-refractivity contribution in [2.24, 2.45) is 0 Å². The Balaban J connectivity index is 2.74. The molecule has 0 aliphatic rings. The zero-order valence-electron chi connectivity index (χ0n) is 11.2.